The second-order valence-electron chi connectivity index (χ2n) is 4.33. The van der Waals surface area contributed by atoms with Crippen LogP contribution in [0.25, 0.3) is 0 Å². The van der Waals surface area contributed by atoms with Gasteiger partial charge in [0.25, 0.3) is 0 Å². The molecule has 22 heavy (non-hydrogen) atoms. The maximum absolute atomic E-state index is 11.7. The zero-order valence-electron chi connectivity index (χ0n) is 11.8. The molecule has 0 fully saturated rings. The van der Waals surface area contributed by atoms with Crippen molar-refractivity contribution in [1.29, 1.82) is 0 Å². The highest BCUT2D eigenvalue weighted by molar-refractivity contribution is 8.01. The van der Waals surface area contributed by atoms with E-state index in [1.165, 1.54) is 23.1 Å². The maximum atomic E-state index is 11.7. The third kappa shape index (κ3) is 5.01. The number of nitrogens with one attached hydrogen (secondary N) is 2. The first-order valence-corrected chi connectivity index (χ1v) is 8.22. The van der Waals surface area contributed by atoms with Crippen molar-refractivity contribution in [1.82, 2.24) is 15.5 Å². The largest absolute Gasteiger partial charge is 0.374 e. The average molecular weight is 337 g/mol. The Morgan fingerprint density at radius 2 is 1.95 bits per heavy atom. The Morgan fingerprint density at radius 3 is 2.59 bits per heavy atom. The molecule has 2 amide bonds. The van der Waals surface area contributed by atoms with Crippen LogP contribution in [0.15, 0.2) is 28.6 Å². The van der Waals surface area contributed by atoms with Gasteiger partial charge in [-0.05, 0) is 19.1 Å². The lowest BCUT2D eigenvalue weighted by molar-refractivity contribution is -0.136. The lowest BCUT2D eigenvalue weighted by Gasteiger charge is -2.06. The minimum atomic E-state index is -0.686. The molecule has 2 aromatic rings. The van der Waals surface area contributed by atoms with Gasteiger partial charge in [-0.1, -0.05) is 40.8 Å². The van der Waals surface area contributed by atoms with Gasteiger partial charge in [-0.2, -0.15) is 0 Å². The van der Waals surface area contributed by atoms with Gasteiger partial charge in [0.15, 0.2) is 4.34 Å². The van der Waals surface area contributed by atoms with Gasteiger partial charge in [-0.15, -0.1) is 10.2 Å². The fraction of sp³-hybridized carbons (Fsp3) is 0.231. The Balaban J connectivity index is 1.70. The van der Waals surface area contributed by atoms with Crippen LogP contribution in [0.1, 0.15) is 5.56 Å². The molecular weight excluding hydrogens is 322 g/mol. The van der Waals surface area contributed by atoms with E-state index in [1.54, 1.807) is 12.1 Å². The van der Waals surface area contributed by atoms with Gasteiger partial charge < -0.3 is 16.4 Å². The van der Waals surface area contributed by atoms with Crippen molar-refractivity contribution in [2.45, 2.75) is 11.3 Å². The SMILES string of the molecule is Cc1ccc(NC(=O)C(=O)NCCSc2nnc(N)s2)cc1. The van der Waals surface area contributed by atoms with Gasteiger partial charge in [0.2, 0.25) is 5.13 Å². The molecule has 0 aliphatic carbocycles. The number of anilines is 2. The molecular formula is C13H15N5O2S2. The molecule has 116 valence electrons. The summed E-state index contributed by atoms with van der Waals surface area (Å²) in [5.41, 5.74) is 7.13. The summed E-state index contributed by atoms with van der Waals surface area (Å²) in [7, 11) is 0. The summed E-state index contributed by atoms with van der Waals surface area (Å²) >= 11 is 2.70. The highest BCUT2D eigenvalue weighted by Crippen LogP contribution is 2.22. The first-order chi connectivity index (χ1) is 10.5. The molecule has 0 saturated carbocycles. The van der Waals surface area contributed by atoms with Gasteiger partial charge in [-0.25, -0.2) is 0 Å². The number of benzene rings is 1. The number of hydrogen-bond donors (Lipinski definition) is 3. The zero-order chi connectivity index (χ0) is 15.9. The van der Waals surface area contributed by atoms with Gasteiger partial charge in [0.05, 0.1) is 0 Å². The quantitative estimate of drug-likeness (QED) is 0.431. The Labute approximate surface area is 135 Å². The van der Waals surface area contributed by atoms with Crippen molar-refractivity contribution in [3.05, 3.63) is 29.8 Å². The van der Waals surface area contributed by atoms with Crippen LogP contribution in [0, 0.1) is 6.92 Å². The van der Waals surface area contributed by atoms with E-state index in [2.05, 4.69) is 20.8 Å². The maximum Gasteiger partial charge on any atom is 0.313 e. The van der Waals surface area contributed by atoms with Gasteiger partial charge >= 0.3 is 11.8 Å². The summed E-state index contributed by atoms with van der Waals surface area (Å²) in [4.78, 5) is 23.4. The molecule has 1 aromatic heterocycles. The number of aryl methyl sites for hydroxylation is 1. The third-order valence-corrected chi connectivity index (χ3v) is 4.44. The monoisotopic (exact) mass is 337 g/mol. The number of nitrogens with zero attached hydrogens (tertiary/aromatic N) is 2. The number of nitrogens with two attached hydrogens (primary N) is 1. The van der Waals surface area contributed by atoms with E-state index in [-0.39, 0.29) is 0 Å². The van der Waals surface area contributed by atoms with Crippen LogP contribution in [0.2, 0.25) is 0 Å². The van der Waals surface area contributed by atoms with Crippen LogP contribution in [-0.2, 0) is 9.59 Å². The summed E-state index contributed by atoms with van der Waals surface area (Å²) in [5, 5.41) is 13.0. The molecule has 0 aliphatic rings. The molecule has 4 N–H and O–H groups in total. The van der Waals surface area contributed by atoms with Crippen molar-refractivity contribution < 1.29 is 9.59 Å². The zero-order valence-corrected chi connectivity index (χ0v) is 13.5. The van der Waals surface area contributed by atoms with Crippen molar-refractivity contribution in [2.24, 2.45) is 0 Å². The van der Waals surface area contributed by atoms with Crippen molar-refractivity contribution in [2.75, 3.05) is 23.3 Å². The normalized spacial score (nSPS) is 10.2. The second kappa shape index (κ2) is 7.76. The van der Waals surface area contributed by atoms with Crippen LogP contribution in [0.5, 0.6) is 0 Å². The number of thioether (sulfide) groups is 1. The highest BCUT2D eigenvalue weighted by Gasteiger charge is 2.13. The predicted octanol–water partition coefficient (Wildman–Crippen LogP) is 1.28. The van der Waals surface area contributed by atoms with Crippen LogP contribution >= 0.6 is 23.1 Å². The van der Waals surface area contributed by atoms with Crippen LogP contribution in [0.4, 0.5) is 10.8 Å². The second-order valence-corrected chi connectivity index (χ2v) is 6.68. The summed E-state index contributed by atoms with van der Waals surface area (Å²) in [6.07, 6.45) is 0. The number of amides is 2. The number of carbonyl (C=O) groups excluding carboxylic acids is 2. The Hall–Kier alpha value is -2.13. The van der Waals surface area contributed by atoms with Gasteiger partial charge in [0.1, 0.15) is 0 Å². The molecule has 1 heterocycles. The number of rotatable bonds is 5. The number of aromatic nitrogens is 2. The highest BCUT2D eigenvalue weighted by atomic mass is 32.2. The molecule has 9 heteroatoms. The molecule has 0 aliphatic heterocycles. The molecule has 0 bridgehead atoms. The topological polar surface area (TPSA) is 110 Å². The molecule has 1 aromatic carbocycles. The van der Waals surface area contributed by atoms with Crippen LogP contribution < -0.4 is 16.4 Å². The minimum absolute atomic E-state index is 0.351. The lowest BCUT2D eigenvalue weighted by atomic mass is 10.2. The molecule has 0 saturated heterocycles. The molecule has 0 unspecified atom stereocenters. The smallest absolute Gasteiger partial charge is 0.313 e. The Kier molecular flexibility index (Phi) is 5.73. The van der Waals surface area contributed by atoms with E-state index >= 15 is 0 Å². The predicted molar refractivity (Wildman–Crippen MR) is 87.9 cm³/mol. The summed E-state index contributed by atoms with van der Waals surface area (Å²) in [6, 6.07) is 7.21. The number of carbonyl (C=O) groups is 2. The van der Waals surface area contributed by atoms with Crippen molar-refractivity contribution in [3.63, 3.8) is 0 Å². The van der Waals surface area contributed by atoms with Gasteiger partial charge in [-0.3, -0.25) is 9.59 Å². The summed E-state index contributed by atoms with van der Waals surface area (Å²) < 4.78 is 0.732. The molecule has 7 nitrogen and oxygen atoms in total. The molecule has 0 atom stereocenters. The summed E-state index contributed by atoms with van der Waals surface area (Å²) in [6.45, 7) is 2.30. The number of hydrogen-bond acceptors (Lipinski definition) is 7. The van der Waals surface area contributed by atoms with Crippen LogP contribution in [0.3, 0.4) is 0 Å². The fourth-order valence-corrected chi connectivity index (χ4v) is 3.05. The molecule has 0 spiro atoms. The molecule has 0 radical (unpaired) electrons. The molecule has 2 rings (SSSR count). The van der Waals surface area contributed by atoms with Crippen LogP contribution in [-0.4, -0.2) is 34.3 Å². The first-order valence-electron chi connectivity index (χ1n) is 6.42. The standard InChI is InChI=1S/C13H15N5O2S2/c1-8-2-4-9(5-3-8)16-11(20)10(19)15-6-7-21-13-18-17-12(14)22-13/h2-5H,6-7H2,1H3,(H2,14,17)(H,15,19)(H,16,20). The minimum Gasteiger partial charge on any atom is -0.374 e. The first kappa shape index (κ1) is 16.2. The number of nitrogen functional groups attached to an aromatic ring is 1. The Bertz CT molecular complexity index is 657. The summed E-state index contributed by atoms with van der Waals surface area (Å²) in [5.74, 6) is -0.773. The van der Waals surface area contributed by atoms with Crippen molar-refractivity contribution >= 4 is 45.7 Å². The fourth-order valence-electron chi connectivity index (χ4n) is 1.49. The van der Waals surface area contributed by atoms with E-state index in [1.807, 2.05) is 19.1 Å². The third-order valence-electron chi connectivity index (χ3n) is 2.55. The van der Waals surface area contributed by atoms with E-state index < -0.39 is 11.8 Å². The van der Waals surface area contributed by atoms with E-state index in [0.29, 0.717) is 23.1 Å². The van der Waals surface area contributed by atoms with E-state index in [4.69, 9.17) is 5.73 Å². The Morgan fingerprint density at radius 1 is 1.23 bits per heavy atom. The van der Waals surface area contributed by atoms with E-state index in [0.717, 1.165) is 9.90 Å². The van der Waals surface area contributed by atoms with Gasteiger partial charge in [0, 0.05) is 18.0 Å². The van der Waals surface area contributed by atoms with E-state index in [9.17, 15) is 9.59 Å². The average Bonchev–Trinajstić information content (AvgIpc) is 2.91. The lowest BCUT2D eigenvalue weighted by Crippen LogP contribution is -2.36. The van der Waals surface area contributed by atoms with Crippen molar-refractivity contribution in [3.8, 4) is 0 Å².